The van der Waals surface area contributed by atoms with Gasteiger partial charge in [-0.15, -0.1) is 0 Å². The van der Waals surface area contributed by atoms with E-state index < -0.39 is 0 Å². The highest BCUT2D eigenvalue weighted by molar-refractivity contribution is 9.10. The Kier molecular flexibility index (Phi) is 4.58. The fourth-order valence-electron chi connectivity index (χ4n) is 1.69. The second-order valence-electron chi connectivity index (χ2n) is 3.85. The largest absolute Gasteiger partial charge is 0.260 e. The van der Waals surface area contributed by atoms with Gasteiger partial charge in [-0.2, -0.15) is 0 Å². The van der Waals surface area contributed by atoms with Gasteiger partial charge in [0.15, 0.2) is 0 Å². The Morgan fingerprint density at radius 1 is 1.21 bits per heavy atom. The predicted molar refractivity (Wildman–Crippen MR) is 67.9 cm³/mol. The summed E-state index contributed by atoms with van der Waals surface area (Å²) < 4.78 is 1.03. The van der Waals surface area contributed by atoms with Gasteiger partial charge in [-0.25, -0.2) is 0 Å². The average Bonchev–Trinajstić information content (AvgIpc) is 2.07. The van der Waals surface area contributed by atoms with Crippen LogP contribution >= 0.6 is 31.9 Å². The first kappa shape index (κ1) is 12.2. The van der Waals surface area contributed by atoms with Crippen LogP contribution in [0.3, 0.4) is 0 Å². The van der Waals surface area contributed by atoms with E-state index in [0.717, 1.165) is 10.2 Å². The zero-order valence-corrected chi connectivity index (χ0v) is 11.8. The van der Waals surface area contributed by atoms with Crippen molar-refractivity contribution in [1.82, 2.24) is 4.98 Å². The standard InChI is InChI=1S/C11H15Br2N/c1-7(2)11(8(3)12)10-5-4-9(13)6-14-10/h4-8,11H,1-3H3. The van der Waals surface area contributed by atoms with Crippen molar-refractivity contribution in [3.8, 4) is 0 Å². The smallest absolute Gasteiger partial charge is 0.0448 e. The molecular weight excluding hydrogens is 306 g/mol. The van der Waals surface area contributed by atoms with Crippen molar-refractivity contribution in [1.29, 1.82) is 0 Å². The van der Waals surface area contributed by atoms with E-state index in [9.17, 15) is 0 Å². The van der Waals surface area contributed by atoms with Crippen molar-refractivity contribution < 1.29 is 0 Å². The number of aromatic nitrogens is 1. The Hall–Kier alpha value is 0.110. The summed E-state index contributed by atoms with van der Waals surface area (Å²) in [5, 5.41) is 0. The van der Waals surface area contributed by atoms with E-state index in [2.05, 4.69) is 63.7 Å². The second-order valence-corrected chi connectivity index (χ2v) is 6.21. The number of halogens is 2. The zero-order valence-electron chi connectivity index (χ0n) is 8.67. The van der Waals surface area contributed by atoms with Crippen molar-refractivity contribution in [3.63, 3.8) is 0 Å². The van der Waals surface area contributed by atoms with E-state index in [-0.39, 0.29) is 0 Å². The van der Waals surface area contributed by atoms with Gasteiger partial charge >= 0.3 is 0 Å². The molecule has 0 aliphatic rings. The van der Waals surface area contributed by atoms with Crippen LogP contribution < -0.4 is 0 Å². The van der Waals surface area contributed by atoms with Crippen LogP contribution in [0.1, 0.15) is 32.4 Å². The summed E-state index contributed by atoms with van der Waals surface area (Å²) in [4.78, 5) is 4.90. The third kappa shape index (κ3) is 3.06. The molecule has 0 spiro atoms. The van der Waals surface area contributed by atoms with Gasteiger partial charge in [0.1, 0.15) is 0 Å². The van der Waals surface area contributed by atoms with Gasteiger partial charge in [0.05, 0.1) is 0 Å². The summed E-state index contributed by atoms with van der Waals surface area (Å²) in [6, 6.07) is 4.14. The van der Waals surface area contributed by atoms with E-state index >= 15 is 0 Å². The lowest BCUT2D eigenvalue weighted by Gasteiger charge is -2.22. The van der Waals surface area contributed by atoms with Gasteiger partial charge in [0.2, 0.25) is 0 Å². The fourth-order valence-corrected chi connectivity index (χ4v) is 2.81. The summed E-state index contributed by atoms with van der Waals surface area (Å²) in [5.74, 6) is 1.07. The number of nitrogens with zero attached hydrogens (tertiary/aromatic N) is 1. The summed E-state index contributed by atoms with van der Waals surface area (Å²) in [6.07, 6.45) is 1.86. The topological polar surface area (TPSA) is 12.9 Å². The molecule has 0 fully saturated rings. The van der Waals surface area contributed by atoms with Gasteiger partial charge in [-0.1, -0.05) is 36.7 Å². The first-order chi connectivity index (χ1) is 6.52. The number of rotatable bonds is 3. The molecule has 3 heteroatoms. The Morgan fingerprint density at radius 2 is 1.86 bits per heavy atom. The zero-order chi connectivity index (χ0) is 10.7. The van der Waals surface area contributed by atoms with Crippen molar-refractivity contribution in [2.75, 3.05) is 0 Å². The van der Waals surface area contributed by atoms with Crippen molar-refractivity contribution >= 4 is 31.9 Å². The van der Waals surface area contributed by atoms with Gasteiger partial charge < -0.3 is 0 Å². The molecule has 78 valence electrons. The highest BCUT2D eigenvalue weighted by Crippen LogP contribution is 2.30. The first-order valence-corrected chi connectivity index (χ1v) is 6.48. The molecule has 1 aromatic heterocycles. The molecule has 1 nitrogen and oxygen atoms in total. The predicted octanol–water partition coefficient (Wildman–Crippen LogP) is 4.37. The Morgan fingerprint density at radius 3 is 2.21 bits per heavy atom. The summed E-state index contributed by atoms with van der Waals surface area (Å²) in [5.41, 5.74) is 1.16. The number of pyridine rings is 1. The Bertz CT molecular complexity index is 272. The van der Waals surface area contributed by atoms with Gasteiger partial charge in [-0.3, -0.25) is 4.98 Å². The summed E-state index contributed by atoms with van der Waals surface area (Å²) in [7, 11) is 0. The minimum Gasteiger partial charge on any atom is -0.260 e. The monoisotopic (exact) mass is 319 g/mol. The quantitative estimate of drug-likeness (QED) is 0.754. The Labute approximate surface area is 103 Å². The van der Waals surface area contributed by atoms with Crippen LogP contribution in [0.4, 0.5) is 0 Å². The molecule has 2 atom stereocenters. The van der Waals surface area contributed by atoms with Gasteiger partial charge in [0, 0.05) is 27.1 Å². The van der Waals surface area contributed by atoms with Gasteiger partial charge in [-0.05, 0) is 34.0 Å². The molecule has 0 amide bonds. The maximum Gasteiger partial charge on any atom is 0.0448 e. The molecule has 1 rings (SSSR count). The number of hydrogen-bond donors (Lipinski definition) is 0. The lowest BCUT2D eigenvalue weighted by atomic mass is 9.90. The molecule has 0 N–H and O–H groups in total. The van der Waals surface area contributed by atoms with Crippen molar-refractivity contribution in [3.05, 3.63) is 28.5 Å². The molecule has 0 aliphatic heterocycles. The highest BCUT2D eigenvalue weighted by Gasteiger charge is 2.21. The van der Waals surface area contributed by atoms with E-state index in [1.165, 1.54) is 0 Å². The molecule has 0 aliphatic carbocycles. The van der Waals surface area contributed by atoms with Crippen molar-refractivity contribution in [2.24, 2.45) is 5.92 Å². The highest BCUT2D eigenvalue weighted by atomic mass is 79.9. The van der Waals surface area contributed by atoms with E-state index in [0.29, 0.717) is 16.7 Å². The second kappa shape index (κ2) is 5.26. The van der Waals surface area contributed by atoms with Crippen LogP contribution in [0.2, 0.25) is 0 Å². The Balaban J connectivity index is 2.94. The SMILES string of the molecule is CC(C)C(c1ccc(Br)cn1)C(C)Br. The molecule has 0 saturated heterocycles. The maximum atomic E-state index is 4.44. The molecule has 14 heavy (non-hydrogen) atoms. The third-order valence-corrected chi connectivity index (χ3v) is 3.34. The molecule has 1 aromatic rings. The lowest BCUT2D eigenvalue weighted by Crippen LogP contribution is -2.16. The minimum atomic E-state index is 0.455. The van der Waals surface area contributed by atoms with Crippen molar-refractivity contribution in [2.45, 2.75) is 31.5 Å². The van der Waals surface area contributed by atoms with Crippen LogP contribution in [-0.2, 0) is 0 Å². The molecule has 2 unspecified atom stereocenters. The fraction of sp³-hybridized carbons (Fsp3) is 0.545. The van der Waals surface area contributed by atoms with Gasteiger partial charge in [0.25, 0.3) is 0 Å². The van der Waals surface area contributed by atoms with Crippen LogP contribution in [0.5, 0.6) is 0 Å². The molecule has 1 heterocycles. The molecule has 0 saturated carbocycles. The average molecular weight is 321 g/mol. The van der Waals surface area contributed by atoms with Crippen LogP contribution in [0, 0.1) is 5.92 Å². The van der Waals surface area contributed by atoms with Crippen LogP contribution in [0.15, 0.2) is 22.8 Å². The molecular formula is C11H15Br2N. The minimum absolute atomic E-state index is 0.455. The van der Waals surface area contributed by atoms with E-state index in [1.807, 2.05) is 12.3 Å². The summed E-state index contributed by atoms with van der Waals surface area (Å²) >= 11 is 7.04. The van der Waals surface area contributed by atoms with E-state index in [4.69, 9.17) is 0 Å². The molecule has 0 radical (unpaired) electrons. The third-order valence-electron chi connectivity index (χ3n) is 2.30. The first-order valence-electron chi connectivity index (χ1n) is 4.78. The maximum absolute atomic E-state index is 4.44. The lowest BCUT2D eigenvalue weighted by molar-refractivity contribution is 0.488. The van der Waals surface area contributed by atoms with Crippen LogP contribution in [-0.4, -0.2) is 9.81 Å². The normalized spacial score (nSPS) is 15.6. The summed E-state index contributed by atoms with van der Waals surface area (Å²) in [6.45, 7) is 6.63. The number of alkyl halides is 1. The molecule has 0 aromatic carbocycles. The van der Waals surface area contributed by atoms with E-state index in [1.54, 1.807) is 0 Å². The van der Waals surface area contributed by atoms with Crippen LogP contribution in [0.25, 0.3) is 0 Å². The number of hydrogen-bond acceptors (Lipinski definition) is 1. The molecule has 0 bridgehead atoms.